The molecule has 0 aliphatic carbocycles. The molecule has 3 N–H and O–H groups in total. The van der Waals surface area contributed by atoms with Gasteiger partial charge in [0.2, 0.25) is 16.3 Å². The summed E-state index contributed by atoms with van der Waals surface area (Å²) in [6.45, 7) is 2.88. The van der Waals surface area contributed by atoms with Crippen LogP contribution in [-0.4, -0.2) is 72.9 Å². The standard InChI is InChI=1S/C19H27NO9S.K/c1-2-3-9-15(21)20-16-18(23)17(22)14(12-28-30(24,25)26)29-19(16)27-11-10-13-7-5-4-6-8-13;/h2,4-8,14,16-19,22-23H,1,3,9-12H2,(H,20,21)(H,24,25,26);/q;+1/p-1/t14-,16-,17-,18-,19+;/m1./s1. The van der Waals surface area contributed by atoms with Crippen molar-refractivity contribution in [1.82, 2.24) is 5.32 Å². The van der Waals surface area contributed by atoms with E-state index in [1.165, 1.54) is 0 Å². The van der Waals surface area contributed by atoms with Crippen molar-refractivity contribution in [2.45, 2.75) is 49.9 Å². The molecule has 2 rings (SSSR count). The Hall–Kier alpha value is -0.224. The number of allylic oxidation sites excluding steroid dienone is 1. The fraction of sp³-hybridized carbons (Fsp3) is 0.526. The number of aliphatic hydroxyl groups excluding tert-OH is 2. The Kier molecular flexibility index (Phi) is 13.1. The molecule has 1 fully saturated rings. The SMILES string of the molecule is C=CCCC(=O)N[C@H]1[C@@H](OCCc2ccccc2)O[C@H](COS(=O)(=O)[O-])[C@@H](O)[C@@H]1O.[K+]. The number of hydrogen-bond donors (Lipinski definition) is 3. The first kappa shape index (κ1) is 28.8. The molecular formula is C19H26KNO9S. The summed E-state index contributed by atoms with van der Waals surface area (Å²) in [6.07, 6.45) is -3.13. The van der Waals surface area contributed by atoms with E-state index in [4.69, 9.17) is 9.47 Å². The Morgan fingerprint density at radius 1 is 1.26 bits per heavy atom. The molecule has 10 nitrogen and oxygen atoms in total. The summed E-state index contributed by atoms with van der Waals surface area (Å²) in [6, 6.07) is 8.28. The van der Waals surface area contributed by atoms with Gasteiger partial charge in [0.1, 0.15) is 24.4 Å². The molecule has 0 spiro atoms. The zero-order chi connectivity index (χ0) is 22.1. The summed E-state index contributed by atoms with van der Waals surface area (Å²) in [5, 5.41) is 23.3. The van der Waals surface area contributed by atoms with Gasteiger partial charge in [-0.1, -0.05) is 36.4 Å². The molecule has 0 radical (unpaired) electrons. The van der Waals surface area contributed by atoms with Gasteiger partial charge in [-0.05, 0) is 18.4 Å². The van der Waals surface area contributed by atoms with Crippen molar-refractivity contribution in [3.8, 4) is 0 Å². The van der Waals surface area contributed by atoms with Crippen molar-refractivity contribution in [1.29, 1.82) is 0 Å². The van der Waals surface area contributed by atoms with E-state index in [-0.39, 0.29) is 64.4 Å². The van der Waals surface area contributed by atoms with Crippen LogP contribution < -0.4 is 56.7 Å². The van der Waals surface area contributed by atoms with Crippen LogP contribution in [0.15, 0.2) is 43.0 Å². The van der Waals surface area contributed by atoms with E-state index in [1.807, 2.05) is 30.3 Å². The van der Waals surface area contributed by atoms with Gasteiger partial charge in [0.05, 0.1) is 13.2 Å². The third-order valence-electron chi connectivity index (χ3n) is 4.50. The summed E-state index contributed by atoms with van der Waals surface area (Å²) < 4.78 is 47.5. The summed E-state index contributed by atoms with van der Waals surface area (Å²) in [7, 11) is -5.02. The molecule has 1 saturated heterocycles. The van der Waals surface area contributed by atoms with Gasteiger partial charge in [0, 0.05) is 6.42 Å². The van der Waals surface area contributed by atoms with Gasteiger partial charge >= 0.3 is 51.4 Å². The van der Waals surface area contributed by atoms with Crippen LogP contribution in [0.4, 0.5) is 0 Å². The second-order valence-electron chi connectivity index (χ2n) is 6.74. The first-order chi connectivity index (χ1) is 14.2. The van der Waals surface area contributed by atoms with Crippen LogP contribution in [0.25, 0.3) is 0 Å². The van der Waals surface area contributed by atoms with Crippen LogP contribution in [0.1, 0.15) is 18.4 Å². The second-order valence-corrected chi connectivity index (χ2v) is 7.80. The van der Waals surface area contributed by atoms with Gasteiger partial charge in [0.25, 0.3) is 0 Å². The van der Waals surface area contributed by atoms with E-state index in [1.54, 1.807) is 6.08 Å². The number of ether oxygens (including phenoxy) is 2. The Balaban J connectivity index is 0.00000480. The molecule has 168 valence electrons. The molecule has 0 unspecified atom stereocenters. The molecule has 31 heavy (non-hydrogen) atoms. The topological polar surface area (TPSA) is 154 Å². The number of hydrogen-bond acceptors (Lipinski definition) is 9. The fourth-order valence-corrected chi connectivity index (χ4v) is 3.25. The van der Waals surface area contributed by atoms with Crippen LogP contribution >= 0.6 is 0 Å². The Morgan fingerprint density at radius 2 is 1.94 bits per heavy atom. The number of benzene rings is 1. The minimum Gasteiger partial charge on any atom is -0.726 e. The first-order valence-electron chi connectivity index (χ1n) is 9.39. The van der Waals surface area contributed by atoms with E-state index in [0.29, 0.717) is 12.8 Å². The van der Waals surface area contributed by atoms with Crippen LogP contribution in [0.2, 0.25) is 0 Å². The number of aliphatic hydroxyl groups is 2. The fourth-order valence-electron chi connectivity index (χ4n) is 2.94. The molecular weight excluding hydrogens is 457 g/mol. The van der Waals surface area contributed by atoms with E-state index in [0.717, 1.165) is 5.56 Å². The minimum atomic E-state index is -5.02. The second kappa shape index (κ2) is 14.1. The third-order valence-corrected chi connectivity index (χ3v) is 4.92. The van der Waals surface area contributed by atoms with Crippen LogP contribution in [0.5, 0.6) is 0 Å². The van der Waals surface area contributed by atoms with Gasteiger partial charge in [-0.15, -0.1) is 6.58 Å². The molecule has 1 amide bonds. The van der Waals surface area contributed by atoms with Crippen LogP contribution in [-0.2, 0) is 35.3 Å². The predicted octanol–water partition coefficient (Wildman–Crippen LogP) is -3.38. The van der Waals surface area contributed by atoms with Gasteiger partial charge in [0.15, 0.2) is 6.29 Å². The van der Waals surface area contributed by atoms with Gasteiger partial charge in [-0.25, -0.2) is 8.42 Å². The molecule has 1 aromatic rings. The molecule has 12 heteroatoms. The van der Waals surface area contributed by atoms with E-state index < -0.39 is 53.6 Å². The summed E-state index contributed by atoms with van der Waals surface area (Å²) in [5.74, 6) is -0.414. The van der Waals surface area contributed by atoms with Gasteiger partial charge in [-0.2, -0.15) is 0 Å². The molecule has 0 bridgehead atoms. The monoisotopic (exact) mass is 483 g/mol. The van der Waals surface area contributed by atoms with Crippen molar-refractivity contribution in [2.24, 2.45) is 0 Å². The molecule has 5 atom stereocenters. The average molecular weight is 484 g/mol. The Morgan fingerprint density at radius 3 is 2.55 bits per heavy atom. The number of carbonyl (C=O) groups is 1. The maximum absolute atomic E-state index is 12.1. The molecule has 1 aliphatic heterocycles. The minimum absolute atomic E-state index is 0. The zero-order valence-corrected chi connectivity index (χ0v) is 21.2. The van der Waals surface area contributed by atoms with E-state index in [2.05, 4.69) is 16.1 Å². The maximum Gasteiger partial charge on any atom is 1.00 e. The first-order valence-corrected chi connectivity index (χ1v) is 10.7. The third kappa shape index (κ3) is 10.1. The summed E-state index contributed by atoms with van der Waals surface area (Å²) >= 11 is 0. The Bertz CT molecular complexity index is 793. The Labute approximate surface area is 224 Å². The predicted molar refractivity (Wildman–Crippen MR) is 104 cm³/mol. The van der Waals surface area contributed by atoms with Gasteiger partial charge < -0.3 is 29.6 Å². The molecule has 0 aromatic heterocycles. The summed E-state index contributed by atoms with van der Waals surface area (Å²) in [4.78, 5) is 12.1. The zero-order valence-electron chi connectivity index (χ0n) is 17.3. The van der Waals surface area contributed by atoms with Crippen molar-refractivity contribution in [3.63, 3.8) is 0 Å². The maximum atomic E-state index is 12.1. The smallest absolute Gasteiger partial charge is 0.726 e. The summed E-state index contributed by atoms with van der Waals surface area (Å²) in [5.41, 5.74) is 0.984. The van der Waals surface area contributed by atoms with E-state index in [9.17, 15) is 28.0 Å². The molecule has 0 saturated carbocycles. The molecule has 1 heterocycles. The normalized spacial score (nSPS) is 26.0. The number of amides is 1. The van der Waals surface area contributed by atoms with Gasteiger partial charge in [-0.3, -0.25) is 8.98 Å². The largest absolute Gasteiger partial charge is 1.00 e. The number of nitrogens with one attached hydrogen (secondary N) is 1. The molecule has 1 aliphatic rings. The van der Waals surface area contributed by atoms with Crippen molar-refractivity contribution >= 4 is 16.3 Å². The van der Waals surface area contributed by atoms with Crippen LogP contribution in [0, 0.1) is 0 Å². The number of carbonyl (C=O) groups excluding carboxylic acids is 1. The molecule has 1 aromatic carbocycles. The van der Waals surface area contributed by atoms with Crippen LogP contribution in [0.3, 0.4) is 0 Å². The number of rotatable bonds is 11. The van der Waals surface area contributed by atoms with Crippen molar-refractivity contribution < 1.29 is 93.0 Å². The van der Waals surface area contributed by atoms with Crippen molar-refractivity contribution in [3.05, 3.63) is 48.6 Å². The van der Waals surface area contributed by atoms with E-state index >= 15 is 0 Å². The average Bonchev–Trinajstić information content (AvgIpc) is 2.70. The quantitative estimate of drug-likeness (QED) is 0.127. The van der Waals surface area contributed by atoms with Crippen molar-refractivity contribution in [2.75, 3.05) is 13.2 Å².